The van der Waals surface area contributed by atoms with E-state index >= 15 is 0 Å². The van der Waals surface area contributed by atoms with Crippen LogP contribution in [0.4, 0.5) is 4.79 Å². The third kappa shape index (κ3) is 2.36. The lowest BCUT2D eigenvalue weighted by atomic mass is 9.94. The first-order valence-corrected chi connectivity index (χ1v) is 5.18. The Balaban J connectivity index is 2.62. The summed E-state index contributed by atoms with van der Waals surface area (Å²) >= 11 is 0. The Morgan fingerprint density at radius 2 is 2.23 bits per heavy atom. The lowest BCUT2D eigenvalue weighted by Crippen LogP contribution is -2.48. The summed E-state index contributed by atoms with van der Waals surface area (Å²) in [5.74, 6) is 0. The van der Waals surface area contributed by atoms with Gasteiger partial charge in [0.25, 0.3) is 0 Å². The molecule has 0 spiro atoms. The first-order chi connectivity index (χ1) is 6.16. The number of rotatable bonds is 2. The van der Waals surface area contributed by atoms with E-state index in [1.54, 1.807) is 4.90 Å². The van der Waals surface area contributed by atoms with E-state index in [1.807, 2.05) is 6.92 Å². The minimum atomic E-state index is -0.745. The zero-order valence-electron chi connectivity index (χ0n) is 8.49. The Morgan fingerprint density at radius 3 is 2.77 bits per heavy atom. The maximum absolute atomic E-state index is 11.0. The van der Waals surface area contributed by atoms with Crippen molar-refractivity contribution in [3.8, 4) is 0 Å². The number of piperidine rings is 1. The topological polar surface area (TPSA) is 40.5 Å². The van der Waals surface area contributed by atoms with Crippen LogP contribution in [0.25, 0.3) is 0 Å². The fourth-order valence-corrected chi connectivity index (χ4v) is 2.25. The molecule has 1 heterocycles. The lowest BCUT2D eigenvalue weighted by Gasteiger charge is -2.38. The van der Waals surface area contributed by atoms with Crippen LogP contribution in [0.15, 0.2) is 0 Å². The summed E-state index contributed by atoms with van der Waals surface area (Å²) in [7, 11) is 0. The number of carboxylic acid groups (broad SMARTS) is 1. The van der Waals surface area contributed by atoms with Crippen molar-refractivity contribution >= 4 is 6.09 Å². The van der Waals surface area contributed by atoms with E-state index in [4.69, 9.17) is 5.11 Å². The minimum absolute atomic E-state index is 0.211. The molecule has 1 N–H and O–H groups in total. The van der Waals surface area contributed by atoms with Gasteiger partial charge in [-0.15, -0.1) is 0 Å². The number of amides is 1. The SMILES string of the molecule is CCC[C@@H]1CCC[C@@H](C)N1C(=O)O. The molecule has 1 aliphatic heterocycles. The molecule has 0 aromatic heterocycles. The average molecular weight is 185 g/mol. The molecule has 13 heavy (non-hydrogen) atoms. The normalized spacial score (nSPS) is 28.9. The van der Waals surface area contributed by atoms with E-state index in [-0.39, 0.29) is 12.1 Å². The van der Waals surface area contributed by atoms with E-state index in [0.717, 1.165) is 25.7 Å². The van der Waals surface area contributed by atoms with Crippen LogP contribution >= 0.6 is 0 Å². The summed E-state index contributed by atoms with van der Waals surface area (Å²) in [6, 6.07) is 0.481. The van der Waals surface area contributed by atoms with Gasteiger partial charge in [-0.05, 0) is 32.6 Å². The monoisotopic (exact) mass is 185 g/mol. The second-order valence-electron chi connectivity index (χ2n) is 3.91. The quantitative estimate of drug-likeness (QED) is 0.718. The summed E-state index contributed by atoms with van der Waals surface area (Å²) in [6.07, 6.45) is 4.58. The van der Waals surface area contributed by atoms with Crippen molar-refractivity contribution in [2.45, 2.75) is 58.0 Å². The Kier molecular flexibility index (Phi) is 3.58. The number of carbonyl (C=O) groups is 1. The van der Waals surface area contributed by atoms with E-state index in [9.17, 15) is 4.79 Å². The van der Waals surface area contributed by atoms with Gasteiger partial charge in [0.2, 0.25) is 0 Å². The molecule has 0 aliphatic carbocycles. The minimum Gasteiger partial charge on any atom is -0.465 e. The zero-order valence-corrected chi connectivity index (χ0v) is 8.49. The van der Waals surface area contributed by atoms with Gasteiger partial charge in [0.15, 0.2) is 0 Å². The van der Waals surface area contributed by atoms with Gasteiger partial charge in [0.1, 0.15) is 0 Å². The van der Waals surface area contributed by atoms with Crippen LogP contribution in [-0.2, 0) is 0 Å². The summed E-state index contributed by atoms with van der Waals surface area (Å²) in [6.45, 7) is 4.12. The fraction of sp³-hybridized carbons (Fsp3) is 0.900. The van der Waals surface area contributed by atoms with E-state index in [2.05, 4.69) is 6.92 Å². The molecule has 3 nitrogen and oxygen atoms in total. The Hall–Kier alpha value is -0.730. The molecule has 1 amide bonds. The molecular weight excluding hydrogens is 166 g/mol. The summed E-state index contributed by atoms with van der Waals surface area (Å²) in [5.41, 5.74) is 0. The molecule has 0 bridgehead atoms. The molecule has 3 heteroatoms. The molecule has 0 aromatic rings. The molecule has 1 saturated heterocycles. The van der Waals surface area contributed by atoms with Crippen molar-refractivity contribution in [2.75, 3.05) is 0 Å². The largest absolute Gasteiger partial charge is 0.465 e. The molecule has 1 fully saturated rings. The highest BCUT2D eigenvalue weighted by molar-refractivity contribution is 5.66. The van der Waals surface area contributed by atoms with Gasteiger partial charge in [0.05, 0.1) is 0 Å². The van der Waals surface area contributed by atoms with Gasteiger partial charge < -0.3 is 10.0 Å². The van der Waals surface area contributed by atoms with Crippen molar-refractivity contribution in [3.63, 3.8) is 0 Å². The van der Waals surface area contributed by atoms with Gasteiger partial charge in [-0.25, -0.2) is 4.79 Å². The van der Waals surface area contributed by atoms with Crippen molar-refractivity contribution in [1.29, 1.82) is 0 Å². The average Bonchev–Trinajstić information content (AvgIpc) is 2.04. The third-order valence-corrected chi connectivity index (χ3v) is 2.87. The molecular formula is C10H19NO2. The maximum Gasteiger partial charge on any atom is 0.407 e. The Labute approximate surface area is 79.7 Å². The highest BCUT2D eigenvalue weighted by atomic mass is 16.4. The number of hydrogen-bond acceptors (Lipinski definition) is 1. The van der Waals surface area contributed by atoms with Crippen LogP contribution < -0.4 is 0 Å². The third-order valence-electron chi connectivity index (χ3n) is 2.87. The summed E-state index contributed by atoms with van der Waals surface area (Å²) < 4.78 is 0. The predicted octanol–water partition coefficient (Wildman–Crippen LogP) is 2.71. The number of nitrogens with zero attached hydrogens (tertiary/aromatic N) is 1. The zero-order chi connectivity index (χ0) is 9.84. The Bertz CT molecular complexity index is 180. The lowest BCUT2D eigenvalue weighted by molar-refractivity contribution is 0.0740. The molecule has 2 atom stereocenters. The first-order valence-electron chi connectivity index (χ1n) is 5.18. The van der Waals surface area contributed by atoms with Crippen LogP contribution in [0.3, 0.4) is 0 Å². The molecule has 76 valence electrons. The number of hydrogen-bond donors (Lipinski definition) is 1. The first kappa shape index (κ1) is 10.4. The smallest absolute Gasteiger partial charge is 0.407 e. The second-order valence-corrected chi connectivity index (χ2v) is 3.91. The van der Waals surface area contributed by atoms with Crippen LogP contribution in [0.2, 0.25) is 0 Å². The van der Waals surface area contributed by atoms with Crippen LogP contribution in [0.1, 0.15) is 46.0 Å². The van der Waals surface area contributed by atoms with E-state index < -0.39 is 6.09 Å². The summed E-state index contributed by atoms with van der Waals surface area (Å²) in [5, 5.41) is 9.03. The van der Waals surface area contributed by atoms with Crippen LogP contribution in [0.5, 0.6) is 0 Å². The predicted molar refractivity (Wildman–Crippen MR) is 51.9 cm³/mol. The van der Waals surface area contributed by atoms with Gasteiger partial charge >= 0.3 is 6.09 Å². The van der Waals surface area contributed by atoms with Gasteiger partial charge in [-0.3, -0.25) is 0 Å². The highest BCUT2D eigenvalue weighted by Gasteiger charge is 2.30. The molecule has 0 unspecified atom stereocenters. The second kappa shape index (κ2) is 4.49. The van der Waals surface area contributed by atoms with Crippen molar-refractivity contribution in [3.05, 3.63) is 0 Å². The maximum atomic E-state index is 11.0. The molecule has 1 rings (SSSR count). The van der Waals surface area contributed by atoms with Gasteiger partial charge in [-0.2, -0.15) is 0 Å². The van der Waals surface area contributed by atoms with Crippen molar-refractivity contribution < 1.29 is 9.90 Å². The van der Waals surface area contributed by atoms with Gasteiger partial charge in [-0.1, -0.05) is 13.3 Å². The molecule has 0 saturated carbocycles. The Morgan fingerprint density at radius 1 is 1.54 bits per heavy atom. The summed E-state index contributed by atoms with van der Waals surface area (Å²) in [4.78, 5) is 12.6. The van der Waals surface area contributed by atoms with Crippen molar-refractivity contribution in [2.24, 2.45) is 0 Å². The molecule has 1 aliphatic rings. The molecule has 0 aromatic carbocycles. The number of likely N-dealkylation sites (tertiary alicyclic amines) is 1. The van der Waals surface area contributed by atoms with E-state index in [0.29, 0.717) is 0 Å². The van der Waals surface area contributed by atoms with Crippen LogP contribution in [-0.4, -0.2) is 28.2 Å². The van der Waals surface area contributed by atoms with E-state index in [1.165, 1.54) is 6.42 Å². The standard InChI is InChI=1S/C10H19NO2/c1-3-5-9-7-4-6-8(2)11(9)10(12)13/h8-9H,3-7H2,1-2H3,(H,12,13)/t8-,9-/m1/s1. The van der Waals surface area contributed by atoms with Gasteiger partial charge in [0, 0.05) is 12.1 Å². The van der Waals surface area contributed by atoms with Crippen LogP contribution in [0, 0.1) is 0 Å². The fourth-order valence-electron chi connectivity index (χ4n) is 2.25. The molecule has 0 radical (unpaired) electrons. The van der Waals surface area contributed by atoms with Crippen molar-refractivity contribution in [1.82, 2.24) is 4.90 Å². The highest BCUT2D eigenvalue weighted by Crippen LogP contribution is 2.25.